The Morgan fingerprint density at radius 2 is 1.72 bits per heavy atom. The van der Waals surface area contributed by atoms with Crippen molar-refractivity contribution in [3.63, 3.8) is 0 Å². The van der Waals surface area contributed by atoms with Crippen molar-refractivity contribution >= 4 is 21.8 Å². The Balaban J connectivity index is 1.56. The first-order valence-electron chi connectivity index (χ1n) is 7.40. The zero-order chi connectivity index (χ0) is 12.8. The summed E-state index contributed by atoms with van der Waals surface area (Å²) < 4.78 is 0. The quantitative estimate of drug-likeness (QED) is 0.575. The lowest BCUT2D eigenvalue weighted by Crippen LogP contribution is -2.29. The summed E-state index contributed by atoms with van der Waals surface area (Å²) in [6.07, 6.45) is 8.63. The fraction of sp³-hybridized carbons (Fsp3) is 0.929. The minimum Gasteiger partial charge on any atom is -0.342 e. The zero-order valence-corrected chi connectivity index (χ0v) is 12.8. The summed E-state index contributed by atoms with van der Waals surface area (Å²) in [5.74, 6) is 0.326. The average Bonchev–Trinajstić information content (AvgIpc) is 2.57. The van der Waals surface area contributed by atoms with Gasteiger partial charge in [0.15, 0.2) is 0 Å². The van der Waals surface area contributed by atoms with Crippen molar-refractivity contribution in [1.29, 1.82) is 0 Å². The highest BCUT2D eigenvalue weighted by molar-refractivity contribution is 9.09. The van der Waals surface area contributed by atoms with E-state index in [1.54, 1.807) is 0 Å². The number of alkyl halides is 1. The van der Waals surface area contributed by atoms with Gasteiger partial charge >= 0.3 is 0 Å². The highest BCUT2D eigenvalue weighted by Gasteiger charge is 2.26. The van der Waals surface area contributed by atoms with Crippen LogP contribution in [0.15, 0.2) is 0 Å². The first kappa shape index (κ1) is 14.3. The van der Waals surface area contributed by atoms with Crippen LogP contribution in [0, 0.1) is 0 Å². The average molecular weight is 317 g/mol. The Bertz CT molecular complexity index is 265. The minimum absolute atomic E-state index is 0.326. The fourth-order valence-electron chi connectivity index (χ4n) is 2.94. The van der Waals surface area contributed by atoms with Gasteiger partial charge < -0.3 is 9.80 Å². The molecule has 0 aromatic heterocycles. The third-order valence-corrected chi connectivity index (χ3v) is 4.63. The Morgan fingerprint density at radius 1 is 1.06 bits per heavy atom. The third-order valence-electron chi connectivity index (χ3n) is 4.02. The molecule has 4 heteroatoms. The van der Waals surface area contributed by atoms with E-state index in [1.807, 2.05) is 4.90 Å². The smallest absolute Gasteiger partial charge is 0.223 e. The molecule has 0 bridgehead atoms. The monoisotopic (exact) mass is 316 g/mol. The summed E-state index contributed by atoms with van der Waals surface area (Å²) in [5, 5.41) is 0. The van der Waals surface area contributed by atoms with Gasteiger partial charge in [0.2, 0.25) is 5.91 Å². The summed E-state index contributed by atoms with van der Waals surface area (Å²) in [7, 11) is 0. The van der Waals surface area contributed by atoms with Crippen LogP contribution in [0.2, 0.25) is 0 Å². The van der Waals surface area contributed by atoms with Gasteiger partial charge in [-0.1, -0.05) is 28.8 Å². The van der Waals surface area contributed by atoms with Crippen LogP contribution in [0.5, 0.6) is 0 Å². The van der Waals surface area contributed by atoms with Gasteiger partial charge in [-0.2, -0.15) is 0 Å². The lowest BCUT2D eigenvalue weighted by atomic mass is 10.2. The maximum Gasteiger partial charge on any atom is 0.223 e. The summed E-state index contributed by atoms with van der Waals surface area (Å²) >= 11 is 3.53. The molecule has 18 heavy (non-hydrogen) atoms. The summed E-state index contributed by atoms with van der Waals surface area (Å²) in [6.45, 7) is 5.65. The first-order valence-corrected chi connectivity index (χ1v) is 8.31. The summed E-state index contributed by atoms with van der Waals surface area (Å²) in [4.78, 5) is 16.6. The Kier molecular flexibility index (Phi) is 5.96. The number of carbonyl (C=O) groups is 1. The molecule has 1 atom stereocenters. The van der Waals surface area contributed by atoms with E-state index in [4.69, 9.17) is 0 Å². The largest absolute Gasteiger partial charge is 0.342 e. The lowest BCUT2D eigenvalue weighted by Gasteiger charge is -2.21. The SMILES string of the molecule is O=C1CC(Br)CN1CCCCN1CCCCCC1. The van der Waals surface area contributed by atoms with Crippen molar-refractivity contribution in [3.05, 3.63) is 0 Å². The van der Waals surface area contributed by atoms with Gasteiger partial charge in [0.25, 0.3) is 0 Å². The second kappa shape index (κ2) is 7.49. The molecule has 2 rings (SSSR count). The number of likely N-dealkylation sites (tertiary alicyclic amines) is 2. The van der Waals surface area contributed by atoms with Gasteiger partial charge in [0.05, 0.1) is 0 Å². The third kappa shape index (κ3) is 4.54. The molecule has 3 nitrogen and oxygen atoms in total. The van der Waals surface area contributed by atoms with Crippen LogP contribution >= 0.6 is 15.9 Å². The van der Waals surface area contributed by atoms with E-state index >= 15 is 0 Å². The predicted octanol–water partition coefficient (Wildman–Crippen LogP) is 2.64. The molecule has 2 aliphatic heterocycles. The molecular weight excluding hydrogens is 292 g/mol. The van der Waals surface area contributed by atoms with Gasteiger partial charge in [-0.25, -0.2) is 0 Å². The molecule has 0 aromatic rings. The van der Waals surface area contributed by atoms with E-state index in [1.165, 1.54) is 51.7 Å². The number of rotatable bonds is 5. The fourth-order valence-corrected chi connectivity index (χ4v) is 3.56. The molecular formula is C14H25BrN2O. The molecule has 0 aliphatic carbocycles. The molecule has 1 unspecified atom stereocenters. The second-order valence-corrected chi connectivity index (χ2v) is 6.90. The van der Waals surface area contributed by atoms with Gasteiger partial charge in [-0.3, -0.25) is 4.79 Å². The molecule has 0 N–H and O–H groups in total. The molecule has 0 saturated carbocycles. The molecule has 2 heterocycles. The highest BCUT2D eigenvalue weighted by atomic mass is 79.9. The van der Waals surface area contributed by atoms with Crippen molar-refractivity contribution < 1.29 is 4.79 Å². The molecule has 1 amide bonds. The summed E-state index contributed by atoms with van der Waals surface area (Å²) in [5.41, 5.74) is 0. The zero-order valence-electron chi connectivity index (χ0n) is 11.2. The van der Waals surface area contributed by atoms with Crippen LogP contribution < -0.4 is 0 Å². The van der Waals surface area contributed by atoms with Crippen LogP contribution in [0.4, 0.5) is 0 Å². The lowest BCUT2D eigenvalue weighted by molar-refractivity contribution is -0.127. The number of unbranched alkanes of at least 4 members (excludes halogenated alkanes) is 1. The first-order chi connectivity index (χ1) is 8.75. The van der Waals surface area contributed by atoms with E-state index in [0.29, 0.717) is 17.2 Å². The molecule has 2 saturated heterocycles. The van der Waals surface area contributed by atoms with Crippen LogP contribution in [0.1, 0.15) is 44.9 Å². The maximum absolute atomic E-state index is 11.6. The van der Waals surface area contributed by atoms with E-state index in [0.717, 1.165) is 19.5 Å². The topological polar surface area (TPSA) is 23.6 Å². The van der Waals surface area contributed by atoms with E-state index in [-0.39, 0.29) is 0 Å². The number of hydrogen-bond donors (Lipinski definition) is 0. The van der Waals surface area contributed by atoms with Gasteiger partial charge in [-0.05, 0) is 45.3 Å². The van der Waals surface area contributed by atoms with Crippen LogP contribution in [-0.2, 0) is 4.79 Å². The van der Waals surface area contributed by atoms with Crippen molar-refractivity contribution in [1.82, 2.24) is 9.80 Å². The molecule has 104 valence electrons. The van der Waals surface area contributed by atoms with Gasteiger partial charge in [0, 0.05) is 24.3 Å². The molecule has 0 radical (unpaired) electrons. The normalized spacial score (nSPS) is 26.6. The van der Waals surface area contributed by atoms with Crippen LogP contribution in [0.3, 0.4) is 0 Å². The van der Waals surface area contributed by atoms with Gasteiger partial charge in [-0.15, -0.1) is 0 Å². The van der Waals surface area contributed by atoms with Crippen LogP contribution in [-0.4, -0.2) is 53.3 Å². The Labute approximate surface area is 119 Å². The van der Waals surface area contributed by atoms with Crippen LogP contribution in [0.25, 0.3) is 0 Å². The van der Waals surface area contributed by atoms with Crippen molar-refractivity contribution in [3.8, 4) is 0 Å². The standard InChI is InChI=1S/C14H25BrN2O/c15-13-11-14(18)17(12-13)10-6-5-9-16-7-3-1-2-4-8-16/h13H,1-12H2. The van der Waals surface area contributed by atoms with E-state index in [9.17, 15) is 4.79 Å². The van der Waals surface area contributed by atoms with Crippen molar-refractivity contribution in [2.24, 2.45) is 0 Å². The second-order valence-electron chi connectivity index (χ2n) is 5.60. The predicted molar refractivity (Wildman–Crippen MR) is 78.1 cm³/mol. The van der Waals surface area contributed by atoms with Crippen molar-refractivity contribution in [2.45, 2.75) is 49.8 Å². The molecule has 2 aliphatic rings. The van der Waals surface area contributed by atoms with Gasteiger partial charge in [0.1, 0.15) is 0 Å². The minimum atomic E-state index is 0.326. The van der Waals surface area contributed by atoms with E-state index in [2.05, 4.69) is 20.8 Å². The van der Waals surface area contributed by atoms with Crippen molar-refractivity contribution in [2.75, 3.05) is 32.7 Å². The number of nitrogens with zero attached hydrogens (tertiary/aromatic N) is 2. The highest BCUT2D eigenvalue weighted by Crippen LogP contribution is 2.18. The number of carbonyl (C=O) groups excluding carboxylic acids is 1. The number of halogens is 1. The van der Waals surface area contributed by atoms with E-state index < -0.39 is 0 Å². The molecule has 0 spiro atoms. The molecule has 2 fully saturated rings. The number of hydrogen-bond acceptors (Lipinski definition) is 2. The number of amides is 1. The maximum atomic E-state index is 11.6. The Hall–Kier alpha value is -0.0900. The molecule has 0 aromatic carbocycles. The summed E-state index contributed by atoms with van der Waals surface area (Å²) in [6, 6.07) is 0. The Morgan fingerprint density at radius 3 is 2.33 bits per heavy atom.